The summed E-state index contributed by atoms with van der Waals surface area (Å²) >= 11 is 0. The van der Waals surface area contributed by atoms with Crippen LogP contribution in [0.4, 0.5) is 11.5 Å². The zero-order valence-corrected chi connectivity index (χ0v) is 18.5. The largest absolute Gasteiger partial charge is 0.488 e. The van der Waals surface area contributed by atoms with Gasteiger partial charge < -0.3 is 14.9 Å². The van der Waals surface area contributed by atoms with Gasteiger partial charge >= 0.3 is 7.12 Å². The fraction of sp³-hybridized carbons (Fsp3) is 0.0690. The summed E-state index contributed by atoms with van der Waals surface area (Å²) in [5, 5.41) is 19.5. The summed E-state index contributed by atoms with van der Waals surface area (Å²) in [7, 11) is -1.48. The standard InChI is InChI=1S/C29H23BN2O2/c33-30(34)23-15-16-28-25(19-23)24-13-7-8-14-27(24)32(28)29-18-22(20-9-3-1-4-10-20)17-26(31-29)21-11-5-2-6-12-21/h1-19,25,28,33-34H. The van der Waals surface area contributed by atoms with Gasteiger partial charge in [0.15, 0.2) is 0 Å². The van der Waals surface area contributed by atoms with Crippen LogP contribution in [0.5, 0.6) is 0 Å². The highest BCUT2D eigenvalue weighted by molar-refractivity contribution is 6.51. The van der Waals surface area contributed by atoms with Gasteiger partial charge in [-0.05, 0) is 40.4 Å². The molecule has 2 aliphatic rings. The van der Waals surface area contributed by atoms with Gasteiger partial charge in [-0.1, -0.05) is 97.1 Å². The van der Waals surface area contributed by atoms with Gasteiger partial charge in [0, 0.05) is 17.2 Å². The molecule has 164 valence electrons. The fourth-order valence-corrected chi connectivity index (χ4v) is 5.00. The van der Waals surface area contributed by atoms with Crippen molar-refractivity contribution in [2.24, 2.45) is 0 Å². The van der Waals surface area contributed by atoms with Crippen molar-refractivity contribution in [1.29, 1.82) is 0 Å². The molecule has 34 heavy (non-hydrogen) atoms. The van der Waals surface area contributed by atoms with Gasteiger partial charge in [-0.3, -0.25) is 0 Å². The lowest BCUT2D eigenvalue weighted by Gasteiger charge is -2.29. The molecule has 1 aromatic heterocycles. The van der Waals surface area contributed by atoms with Crippen LogP contribution in [-0.4, -0.2) is 28.2 Å². The Labute approximate surface area is 199 Å². The molecule has 1 aliphatic carbocycles. The first kappa shape index (κ1) is 20.7. The van der Waals surface area contributed by atoms with Crippen LogP contribution in [0, 0.1) is 0 Å². The van der Waals surface area contributed by atoms with E-state index in [0.29, 0.717) is 5.47 Å². The summed E-state index contributed by atoms with van der Waals surface area (Å²) in [6.07, 6.45) is 5.83. The smallest absolute Gasteiger partial charge is 0.423 e. The molecule has 2 N–H and O–H groups in total. The number of nitrogens with zero attached hydrogens (tertiary/aromatic N) is 2. The molecule has 2 unspecified atom stereocenters. The molecule has 5 heteroatoms. The van der Waals surface area contributed by atoms with Gasteiger partial charge in [0.2, 0.25) is 0 Å². The van der Waals surface area contributed by atoms with Crippen LogP contribution in [0.25, 0.3) is 22.4 Å². The van der Waals surface area contributed by atoms with Crippen molar-refractivity contribution in [1.82, 2.24) is 4.98 Å². The van der Waals surface area contributed by atoms with Crippen molar-refractivity contribution >= 4 is 18.6 Å². The van der Waals surface area contributed by atoms with E-state index in [1.807, 2.05) is 48.6 Å². The van der Waals surface area contributed by atoms with E-state index < -0.39 is 7.12 Å². The second kappa shape index (κ2) is 8.45. The maximum Gasteiger partial charge on any atom is 0.488 e. The molecule has 0 fully saturated rings. The SMILES string of the molecule is OB(O)C1=CC2c3ccccc3N(c3cc(-c4ccccc4)cc(-c4ccccc4)n3)C2C=C1. The minimum Gasteiger partial charge on any atom is -0.423 e. The molecular formula is C29H23BN2O2. The number of aromatic nitrogens is 1. The van der Waals surface area contributed by atoms with Crippen LogP contribution in [0.15, 0.2) is 121 Å². The molecule has 0 saturated carbocycles. The average Bonchev–Trinajstić information content (AvgIpc) is 3.23. The minimum absolute atomic E-state index is 0.00190. The molecule has 2 heterocycles. The highest BCUT2D eigenvalue weighted by atomic mass is 16.4. The van der Waals surface area contributed by atoms with Gasteiger partial charge in [0.1, 0.15) is 5.82 Å². The van der Waals surface area contributed by atoms with Crippen molar-refractivity contribution in [2.75, 3.05) is 4.90 Å². The number of hydrogen-bond acceptors (Lipinski definition) is 4. The first-order valence-electron chi connectivity index (χ1n) is 11.5. The molecule has 0 saturated heterocycles. The second-order valence-electron chi connectivity index (χ2n) is 8.68. The summed E-state index contributed by atoms with van der Waals surface area (Å²) in [6, 6.07) is 33.2. The molecule has 3 aromatic carbocycles. The van der Waals surface area contributed by atoms with E-state index in [4.69, 9.17) is 4.98 Å². The van der Waals surface area contributed by atoms with Crippen molar-refractivity contribution in [3.8, 4) is 22.4 Å². The normalized spacial score (nSPS) is 18.3. The van der Waals surface area contributed by atoms with Crippen molar-refractivity contribution in [3.63, 3.8) is 0 Å². The van der Waals surface area contributed by atoms with Crippen LogP contribution >= 0.6 is 0 Å². The number of allylic oxidation sites excluding steroid dienone is 2. The summed E-state index contributed by atoms with van der Waals surface area (Å²) < 4.78 is 0. The number of pyridine rings is 1. The Hall–Kier alpha value is -3.93. The molecule has 4 nitrogen and oxygen atoms in total. The monoisotopic (exact) mass is 442 g/mol. The van der Waals surface area contributed by atoms with Gasteiger partial charge in [0.25, 0.3) is 0 Å². The predicted octanol–water partition coefficient (Wildman–Crippen LogP) is 5.53. The van der Waals surface area contributed by atoms with Gasteiger partial charge in [0.05, 0.1) is 11.7 Å². The topological polar surface area (TPSA) is 56.6 Å². The van der Waals surface area contributed by atoms with E-state index in [1.165, 1.54) is 0 Å². The second-order valence-corrected chi connectivity index (χ2v) is 8.68. The molecule has 1 aliphatic heterocycles. The van der Waals surface area contributed by atoms with E-state index >= 15 is 0 Å². The lowest BCUT2D eigenvalue weighted by atomic mass is 9.73. The van der Waals surface area contributed by atoms with Gasteiger partial charge in [-0.25, -0.2) is 4.98 Å². The fourth-order valence-electron chi connectivity index (χ4n) is 5.00. The molecule has 2 atom stereocenters. The van der Waals surface area contributed by atoms with E-state index in [2.05, 4.69) is 71.6 Å². The zero-order valence-electron chi connectivity index (χ0n) is 18.5. The number of hydrogen-bond donors (Lipinski definition) is 2. The Bertz CT molecular complexity index is 1340. The Balaban J connectivity index is 1.54. The lowest BCUT2D eigenvalue weighted by Crippen LogP contribution is -2.31. The number of benzene rings is 3. The third-order valence-electron chi connectivity index (χ3n) is 6.61. The maximum atomic E-state index is 9.76. The molecule has 4 aromatic rings. The number of para-hydroxylation sites is 1. The van der Waals surface area contributed by atoms with Crippen LogP contribution in [0.1, 0.15) is 11.5 Å². The summed E-state index contributed by atoms with van der Waals surface area (Å²) in [6.45, 7) is 0. The molecule has 0 bridgehead atoms. The summed E-state index contributed by atoms with van der Waals surface area (Å²) in [5.41, 5.74) is 6.99. The van der Waals surface area contributed by atoms with Crippen LogP contribution in [0.3, 0.4) is 0 Å². The summed E-state index contributed by atoms with van der Waals surface area (Å²) in [4.78, 5) is 7.40. The molecule has 0 spiro atoms. The highest BCUT2D eigenvalue weighted by Gasteiger charge is 2.39. The van der Waals surface area contributed by atoms with Crippen molar-refractivity contribution < 1.29 is 10.0 Å². The van der Waals surface area contributed by atoms with Crippen LogP contribution in [-0.2, 0) is 0 Å². The lowest BCUT2D eigenvalue weighted by molar-refractivity contribution is 0.420. The molecule has 0 amide bonds. The van der Waals surface area contributed by atoms with Crippen LogP contribution < -0.4 is 4.90 Å². The van der Waals surface area contributed by atoms with E-state index in [1.54, 1.807) is 0 Å². The third kappa shape index (κ3) is 3.56. The van der Waals surface area contributed by atoms with Gasteiger partial charge in [-0.2, -0.15) is 0 Å². The maximum absolute atomic E-state index is 9.76. The first-order valence-corrected chi connectivity index (χ1v) is 11.5. The quantitative estimate of drug-likeness (QED) is 0.408. The summed E-state index contributed by atoms with van der Waals surface area (Å²) in [5.74, 6) is 0.881. The number of rotatable bonds is 4. The Morgan fingerprint density at radius 3 is 2.15 bits per heavy atom. The first-order chi connectivity index (χ1) is 16.7. The van der Waals surface area contributed by atoms with E-state index in [9.17, 15) is 10.0 Å². The number of fused-ring (bicyclic) bond motifs is 3. The zero-order chi connectivity index (χ0) is 23.1. The Kier molecular flexibility index (Phi) is 5.14. The average molecular weight is 442 g/mol. The Morgan fingerprint density at radius 1 is 0.735 bits per heavy atom. The minimum atomic E-state index is -1.48. The third-order valence-corrected chi connectivity index (χ3v) is 6.61. The van der Waals surface area contributed by atoms with Crippen molar-refractivity contribution in [2.45, 2.75) is 12.0 Å². The molecule has 6 rings (SSSR count). The van der Waals surface area contributed by atoms with Crippen molar-refractivity contribution in [3.05, 3.63) is 126 Å². The van der Waals surface area contributed by atoms with Gasteiger partial charge in [-0.15, -0.1) is 0 Å². The van der Waals surface area contributed by atoms with Crippen LogP contribution in [0.2, 0.25) is 0 Å². The number of anilines is 2. The predicted molar refractivity (Wildman–Crippen MR) is 138 cm³/mol. The molecular weight excluding hydrogens is 419 g/mol. The van der Waals surface area contributed by atoms with E-state index in [0.717, 1.165) is 39.5 Å². The molecule has 0 radical (unpaired) electrons. The van der Waals surface area contributed by atoms with E-state index in [-0.39, 0.29) is 12.0 Å². The highest BCUT2D eigenvalue weighted by Crippen LogP contribution is 2.48. The Morgan fingerprint density at radius 2 is 1.41 bits per heavy atom.